The fraction of sp³-hybridized carbons (Fsp3) is 0.537. The molecule has 0 radical (unpaired) electrons. The Kier molecular flexibility index (Phi) is 12.0. The minimum absolute atomic E-state index is 0.0511. The van der Waals surface area contributed by atoms with Crippen molar-refractivity contribution in [1.29, 1.82) is 0 Å². The lowest BCUT2D eigenvalue weighted by Gasteiger charge is -2.53. The van der Waals surface area contributed by atoms with Gasteiger partial charge in [-0.15, -0.1) is 0 Å². The quantitative estimate of drug-likeness (QED) is 0.153. The van der Waals surface area contributed by atoms with E-state index in [1.54, 1.807) is 14.2 Å². The van der Waals surface area contributed by atoms with Gasteiger partial charge < -0.3 is 32.8 Å². The highest BCUT2D eigenvalue weighted by Gasteiger charge is 2.62. The number of esters is 1. The normalized spacial score (nSPS) is 26.1. The van der Waals surface area contributed by atoms with Crippen molar-refractivity contribution in [2.75, 3.05) is 27.4 Å². The molecule has 0 unspecified atom stereocenters. The Labute approximate surface area is 299 Å². The van der Waals surface area contributed by atoms with Crippen molar-refractivity contribution in [3.63, 3.8) is 0 Å². The van der Waals surface area contributed by atoms with Crippen LogP contribution in [-0.2, 0) is 39.5 Å². The molecule has 0 N–H and O–H groups in total. The molecule has 0 bridgehead atoms. The topological polar surface area (TPSA) is 81.7 Å². The lowest BCUT2D eigenvalue weighted by atomic mass is 9.87. The van der Waals surface area contributed by atoms with Gasteiger partial charge >= 0.3 is 5.97 Å². The summed E-state index contributed by atoms with van der Waals surface area (Å²) in [4.78, 5) is 12.9. The molecule has 50 heavy (non-hydrogen) atoms. The predicted molar refractivity (Wildman–Crippen MR) is 197 cm³/mol. The van der Waals surface area contributed by atoms with Crippen molar-refractivity contribution >= 4 is 24.7 Å². The van der Waals surface area contributed by atoms with Gasteiger partial charge in [-0.05, 0) is 66.2 Å². The summed E-state index contributed by atoms with van der Waals surface area (Å²) in [5.74, 6) is -0.668. The summed E-state index contributed by atoms with van der Waals surface area (Å²) >= 11 is 0. The highest BCUT2D eigenvalue weighted by atomic mass is 28.4. The minimum Gasteiger partial charge on any atom is -0.497 e. The van der Waals surface area contributed by atoms with Crippen molar-refractivity contribution in [1.82, 2.24) is 0 Å². The molecule has 0 saturated carbocycles. The van der Waals surface area contributed by atoms with Crippen LogP contribution in [0.1, 0.15) is 66.9 Å². The third kappa shape index (κ3) is 7.88. The average Bonchev–Trinajstić information content (AvgIpc) is 3.52. The van der Waals surface area contributed by atoms with E-state index >= 15 is 0 Å². The molecule has 2 fully saturated rings. The van der Waals surface area contributed by atoms with Crippen molar-refractivity contribution in [3.8, 4) is 5.75 Å². The molecule has 0 aromatic heterocycles. The van der Waals surface area contributed by atoms with Crippen LogP contribution in [0.3, 0.4) is 0 Å². The van der Waals surface area contributed by atoms with Crippen LogP contribution < -0.4 is 15.1 Å². The molecule has 0 spiro atoms. The first-order valence-electron chi connectivity index (χ1n) is 17.8. The SMILES string of the molecule is COc1ccc(CO[C@@H]2C[C@@H]([C@@]3(OC)OCC[C@@H](C)[C@H]3O[Si](c3ccccc3)(c3ccccc3)C(C)(C)C)O[C@@H]2COC(=O)C(C)(C)C)cc1. The van der Waals surface area contributed by atoms with Crippen molar-refractivity contribution in [3.05, 3.63) is 90.5 Å². The number of ether oxygens (including phenoxy) is 6. The van der Waals surface area contributed by atoms with Gasteiger partial charge in [-0.3, -0.25) is 4.79 Å². The van der Waals surface area contributed by atoms with E-state index in [4.69, 9.17) is 32.8 Å². The van der Waals surface area contributed by atoms with Gasteiger partial charge in [0.05, 0.1) is 31.8 Å². The van der Waals surface area contributed by atoms with Crippen molar-refractivity contribution < 1.29 is 37.6 Å². The smallest absolute Gasteiger partial charge is 0.311 e. The average molecular weight is 705 g/mol. The third-order valence-electron chi connectivity index (χ3n) is 10.1. The molecule has 0 amide bonds. The molecule has 3 aromatic carbocycles. The van der Waals surface area contributed by atoms with Gasteiger partial charge in [0.1, 0.15) is 30.7 Å². The van der Waals surface area contributed by atoms with E-state index in [1.165, 1.54) is 10.4 Å². The Morgan fingerprint density at radius 2 is 1.48 bits per heavy atom. The molecule has 0 aliphatic carbocycles. The number of carbonyl (C=O) groups excluding carboxylic acids is 1. The van der Waals surface area contributed by atoms with Crippen LogP contribution in [0.5, 0.6) is 5.75 Å². The second-order valence-corrected chi connectivity index (χ2v) is 19.9. The minimum atomic E-state index is -3.01. The summed E-state index contributed by atoms with van der Waals surface area (Å²) in [6.07, 6.45) is -0.685. The zero-order chi connectivity index (χ0) is 36.2. The summed E-state index contributed by atoms with van der Waals surface area (Å²) in [5.41, 5.74) is 0.346. The molecular formula is C41H56O8Si. The molecule has 6 atom stereocenters. The van der Waals surface area contributed by atoms with E-state index in [9.17, 15) is 4.79 Å². The zero-order valence-electron chi connectivity index (χ0n) is 31.3. The monoisotopic (exact) mass is 704 g/mol. The van der Waals surface area contributed by atoms with E-state index in [-0.39, 0.29) is 23.5 Å². The van der Waals surface area contributed by atoms with Crippen LogP contribution in [0.2, 0.25) is 5.04 Å². The first-order valence-corrected chi connectivity index (χ1v) is 19.7. The van der Waals surface area contributed by atoms with Gasteiger partial charge in [-0.25, -0.2) is 0 Å². The Hall–Kier alpha value is -3.05. The van der Waals surface area contributed by atoms with Crippen LogP contribution >= 0.6 is 0 Å². The lowest BCUT2D eigenvalue weighted by Crippen LogP contribution is -2.72. The van der Waals surface area contributed by atoms with E-state index < -0.39 is 43.9 Å². The van der Waals surface area contributed by atoms with Gasteiger partial charge in [-0.1, -0.05) is 100 Å². The Bertz CT molecular complexity index is 1480. The number of hydrogen-bond donors (Lipinski definition) is 0. The highest BCUT2D eigenvalue weighted by molar-refractivity contribution is 6.99. The summed E-state index contributed by atoms with van der Waals surface area (Å²) in [6.45, 7) is 15.5. The second-order valence-electron chi connectivity index (χ2n) is 15.7. The summed E-state index contributed by atoms with van der Waals surface area (Å²) in [6, 6.07) is 29.0. The van der Waals surface area contributed by atoms with Gasteiger partial charge in [0.2, 0.25) is 5.79 Å². The Balaban J connectivity index is 1.52. The van der Waals surface area contributed by atoms with Crippen molar-refractivity contribution in [2.45, 2.75) is 103 Å². The van der Waals surface area contributed by atoms with Crippen LogP contribution in [0.15, 0.2) is 84.9 Å². The van der Waals surface area contributed by atoms with Gasteiger partial charge in [-0.2, -0.15) is 0 Å². The summed E-state index contributed by atoms with van der Waals surface area (Å²) in [5, 5.41) is 2.11. The fourth-order valence-corrected chi connectivity index (χ4v) is 12.1. The highest BCUT2D eigenvalue weighted by Crippen LogP contribution is 2.46. The van der Waals surface area contributed by atoms with Gasteiger partial charge in [0.15, 0.2) is 0 Å². The maximum atomic E-state index is 12.9. The molecular weight excluding hydrogens is 649 g/mol. The molecule has 9 heteroatoms. The largest absolute Gasteiger partial charge is 0.497 e. The number of hydrogen-bond acceptors (Lipinski definition) is 8. The van der Waals surface area contributed by atoms with Gasteiger partial charge in [0.25, 0.3) is 8.32 Å². The molecule has 3 aromatic rings. The Morgan fingerprint density at radius 1 is 0.880 bits per heavy atom. The van der Waals surface area contributed by atoms with Crippen LogP contribution in [-0.4, -0.2) is 71.9 Å². The summed E-state index contributed by atoms with van der Waals surface area (Å²) < 4.78 is 45.6. The maximum absolute atomic E-state index is 12.9. The van der Waals surface area contributed by atoms with E-state index in [0.717, 1.165) is 17.7 Å². The summed E-state index contributed by atoms with van der Waals surface area (Å²) in [7, 11) is 0.319. The Morgan fingerprint density at radius 3 is 2.00 bits per heavy atom. The third-order valence-corrected chi connectivity index (χ3v) is 15.1. The van der Waals surface area contributed by atoms with Crippen LogP contribution in [0.4, 0.5) is 0 Å². The molecule has 272 valence electrons. The lowest BCUT2D eigenvalue weighted by molar-refractivity contribution is -0.338. The van der Waals surface area contributed by atoms with Crippen molar-refractivity contribution in [2.24, 2.45) is 11.3 Å². The fourth-order valence-electron chi connectivity index (χ4n) is 7.29. The van der Waals surface area contributed by atoms with Gasteiger partial charge in [0, 0.05) is 13.5 Å². The second kappa shape index (κ2) is 15.7. The zero-order valence-corrected chi connectivity index (χ0v) is 32.3. The molecule has 2 heterocycles. The number of benzene rings is 3. The molecule has 2 aliphatic rings. The van der Waals surface area contributed by atoms with Crippen LogP contribution in [0, 0.1) is 11.3 Å². The first-order chi connectivity index (χ1) is 23.7. The number of carbonyl (C=O) groups is 1. The van der Waals surface area contributed by atoms with E-state index in [1.807, 2.05) is 57.2 Å². The van der Waals surface area contributed by atoms with E-state index in [0.29, 0.717) is 19.6 Å². The number of methoxy groups -OCH3 is 2. The van der Waals surface area contributed by atoms with E-state index in [2.05, 4.69) is 76.2 Å². The molecule has 2 aliphatic heterocycles. The predicted octanol–water partition coefficient (Wildman–Crippen LogP) is 6.67. The van der Waals surface area contributed by atoms with Crippen LogP contribution in [0.25, 0.3) is 0 Å². The standard InChI is InChI=1S/C41H56O8Si/c1-29-24-25-47-41(44-9,37(29)49-50(40(5,6)7,32-16-12-10-13-17-32)33-18-14-11-15-19-33)36-26-34(35(48-36)28-46-38(42)39(2,3)4)45-27-30-20-22-31(43-8)23-21-30/h10-23,29,34-37H,24-28H2,1-9H3/t29-,34-,35-,36+,37-,41-/m1/s1. The number of rotatable bonds is 12. The molecule has 2 saturated heterocycles. The molecule has 5 rings (SSSR count). The molecule has 8 nitrogen and oxygen atoms in total. The first kappa shape index (κ1) is 38.2. The maximum Gasteiger partial charge on any atom is 0.311 e.